The van der Waals surface area contributed by atoms with E-state index in [1.165, 1.54) is 0 Å². The van der Waals surface area contributed by atoms with Gasteiger partial charge in [-0.05, 0) is 19.3 Å². The molecule has 0 aliphatic rings. The van der Waals surface area contributed by atoms with E-state index in [0.717, 1.165) is 38.5 Å². The molecule has 0 aliphatic carbocycles. The Labute approximate surface area is 148 Å². The van der Waals surface area contributed by atoms with E-state index in [-0.39, 0.29) is 58.0 Å². The molecule has 6 heteroatoms. The topological polar surface area (TPSA) is 77.4 Å². The van der Waals surface area contributed by atoms with E-state index in [2.05, 4.69) is 0 Å². The molecule has 0 saturated heterocycles. The van der Waals surface area contributed by atoms with E-state index >= 15 is 0 Å². The molecule has 0 radical (unpaired) electrons. The summed E-state index contributed by atoms with van der Waals surface area (Å²) in [5.41, 5.74) is 0. The summed E-state index contributed by atoms with van der Waals surface area (Å²) in [4.78, 5) is 0. The van der Waals surface area contributed by atoms with Gasteiger partial charge in [-0.25, -0.2) is 8.42 Å². The van der Waals surface area contributed by atoms with Crippen LogP contribution in [0.2, 0.25) is 0 Å². The quantitative estimate of drug-likeness (QED) is 0.319. The number of hydrogen-bond donors (Lipinski definition) is 1. The summed E-state index contributed by atoms with van der Waals surface area (Å²) in [6.07, 6.45) is 5.97. The zero-order valence-electron chi connectivity index (χ0n) is 11.0. The first-order valence-corrected chi connectivity index (χ1v) is 7.55. The zero-order valence-corrected chi connectivity index (χ0v) is 15.0. The second kappa shape index (κ2) is 12.5. The van der Waals surface area contributed by atoms with Crippen molar-refractivity contribution in [3.8, 4) is 0 Å². The van der Waals surface area contributed by atoms with Gasteiger partial charge in [-0.15, -0.1) is 0 Å². The summed E-state index contributed by atoms with van der Waals surface area (Å²) in [7, 11) is -4.13. The van der Waals surface area contributed by atoms with Crippen LogP contribution in [-0.4, -0.2) is 29.9 Å². The van der Waals surface area contributed by atoms with Crippen LogP contribution in [0.5, 0.6) is 0 Å². The predicted molar refractivity (Wildman–Crippen MR) is 63.2 cm³/mol. The Balaban J connectivity index is 0. The van der Waals surface area contributed by atoms with Gasteiger partial charge in [0.25, 0.3) is 0 Å². The summed E-state index contributed by atoms with van der Waals surface area (Å²) in [5.74, 6) is 0. The summed E-state index contributed by atoms with van der Waals surface area (Å²) >= 11 is 0. The number of hydrogen-bond acceptors (Lipinski definition) is 4. The standard InChI is InChI=1S/C11H24O4S.K/c1-2-3-8-11(16(13,14)15)9-6-4-5-7-10-12;/h11-12H,2-10H2,1H3,(H,13,14,15);/q;+1/p-1. The Morgan fingerprint density at radius 1 is 1.06 bits per heavy atom. The average molecular weight is 290 g/mol. The van der Waals surface area contributed by atoms with Gasteiger partial charge in [0.05, 0.1) is 10.1 Å². The van der Waals surface area contributed by atoms with Crippen molar-refractivity contribution in [2.24, 2.45) is 0 Å². The molecule has 0 bridgehead atoms. The Morgan fingerprint density at radius 3 is 2.06 bits per heavy atom. The second-order valence-corrected chi connectivity index (χ2v) is 5.84. The monoisotopic (exact) mass is 290 g/mol. The molecule has 0 aromatic carbocycles. The molecule has 0 amide bonds. The third-order valence-electron chi connectivity index (χ3n) is 2.72. The normalized spacial score (nSPS) is 13.1. The molecule has 1 atom stereocenters. The van der Waals surface area contributed by atoms with Crippen LogP contribution in [0.4, 0.5) is 0 Å². The minimum atomic E-state index is -4.13. The summed E-state index contributed by atoms with van der Waals surface area (Å²) in [5, 5.41) is 7.87. The summed E-state index contributed by atoms with van der Waals surface area (Å²) in [6.45, 7) is 2.16. The van der Waals surface area contributed by atoms with Crippen molar-refractivity contribution in [1.29, 1.82) is 0 Å². The fourth-order valence-electron chi connectivity index (χ4n) is 1.70. The van der Waals surface area contributed by atoms with Crippen LogP contribution >= 0.6 is 0 Å². The molecule has 0 fully saturated rings. The fourth-order valence-corrected chi connectivity index (χ4v) is 2.61. The van der Waals surface area contributed by atoms with E-state index in [9.17, 15) is 13.0 Å². The van der Waals surface area contributed by atoms with E-state index in [1.54, 1.807) is 0 Å². The van der Waals surface area contributed by atoms with Gasteiger partial charge < -0.3 is 9.66 Å². The first kappa shape index (κ1) is 20.8. The molecular formula is C11H23KO4S. The average Bonchev–Trinajstić information content (AvgIpc) is 2.20. The molecule has 4 nitrogen and oxygen atoms in total. The molecule has 1 N–H and O–H groups in total. The fraction of sp³-hybridized carbons (Fsp3) is 1.00. The molecule has 0 aromatic rings. The van der Waals surface area contributed by atoms with Crippen molar-refractivity contribution < 1.29 is 69.5 Å². The van der Waals surface area contributed by atoms with Gasteiger partial charge in [-0.2, -0.15) is 0 Å². The van der Waals surface area contributed by atoms with E-state index < -0.39 is 15.4 Å². The molecule has 0 aliphatic heterocycles. The van der Waals surface area contributed by atoms with Crippen molar-refractivity contribution in [3.63, 3.8) is 0 Å². The largest absolute Gasteiger partial charge is 1.00 e. The predicted octanol–water partition coefficient (Wildman–Crippen LogP) is -0.963. The molecule has 98 valence electrons. The third-order valence-corrected chi connectivity index (χ3v) is 4.01. The van der Waals surface area contributed by atoms with E-state index in [0.29, 0.717) is 12.8 Å². The Hall–Kier alpha value is 1.51. The molecule has 0 spiro atoms. The minimum absolute atomic E-state index is 0. The minimum Gasteiger partial charge on any atom is -0.748 e. The maximum absolute atomic E-state index is 11.0. The van der Waals surface area contributed by atoms with Gasteiger partial charge in [-0.1, -0.05) is 39.0 Å². The third kappa shape index (κ3) is 12.3. The van der Waals surface area contributed by atoms with Crippen LogP contribution in [0.3, 0.4) is 0 Å². The van der Waals surface area contributed by atoms with Crippen LogP contribution in [0.25, 0.3) is 0 Å². The number of aliphatic hydroxyl groups excluding tert-OH is 1. The Bertz CT molecular complexity index is 254. The van der Waals surface area contributed by atoms with Gasteiger partial charge in [-0.3, -0.25) is 0 Å². The number of aliphatic hydroxyl groups is 1. The number of rotatable bonds is 10. The van der Waals surface area contributed by atoms with Crippen molar-refractivity contribution in [2.45, 2.75) is 63.5 Å². The van der Waals surface area contributed by atoms with Gasteiger partial charge in [0.15, 0.2) is 0 Å². The van der Waals surface area contributed by atoms with Gasteiger partial charge in [0.2, 0.25) is 0 Å². The molecule has 0 saturated carbocycles. The van der Waals surface area contributed by atoms with Crippen molar-refractivity contribution in [2.75, 3.05) is 6.61 Å². The molecule has 1 unspecified atom stereocenters. The SMILES string of the molecule is CCCCC(CCCCCCO)S(=O)(=O)[O-].[K+]. The van der Waals surface area contributed by atoms with Gasteiger partial charge in [0, 0.05) is 11.9 Å². The smallest absolute Gasteiger partial charge is 0.748 e. The molecule has 0 heterocycles. The Morgan fingerprint density at radius 2 is 1.59 bits per heavy atom. The second-order valence-electron chi connectivity index (χ2n) is 4.18. The number of unbranched alkanes of at least 4 members (excludes halogenated alkanes) is 4. The zero-order chi connectivity index (χ0) is 12.4. The van der Waals surface area contributed by atoms with Gasteiger partial charge >= 0.3 is 51.4 Å². The summed E-state index contributed by atoms with van der Waals surface area (Å²) in [6, 6.07) is 0. The molecule has 17 heavy (non-hydrogen) atoms. The van der Waals surface area contributed by atoms with Crippen molar-refractivity contribution in [3.05, 3.63) is 0 Å². The Kier molecular flexibility index (Phi) is 15.3. The van der Waals surface area contributed by atoms with E-state index in [4.69, 9.17) is 5.11 Å². The van der Waals surface area contributed by atoms with Crippen molar-refractivity contribution in [1.82, 2.24) is 0 Å². The maximum Gasteiger partial charge on any atom is 1.00 e. The van der Waals surface area contributed by atoms with Crippen LogP contribution in [-0.2, 0) is 10.1 Å². The maximum atomic E-state index is 11.0. The first-order chi connectivity index (χ1) is 7.52. The van der Waals surface area contributed by atoms with Crippen LogP contribution in [0, 0.1) is 0 Å². The van der Waals surface area contributed by atoms with Crippen LogP contribution in [0.1, 0.15) is 58.3 Å². The molecular weight excluding hydrogens is 267 g/mol. The molecule has 0 rings (SSSR count). The summed E-state index contributed by atoms with van der Waals surface area (Å²) < 4.78 is 32.9. The van der Waals surface area contributed by atoms with Gasteiger partial charge in [0.1, 0.15) is 0 Å². The first-order valence-electron chi connectivity index (χ1n) is 6.08. The van der Waals surface area contributed by atoms with Crippen LogP contribution < -0.4 is 51.4 Å². The van der Waals surface area contributed by atoms with E-state index in [1.807, 2.05) is 6.92 Å². The molecule has 0 aromatic heterocycles. The van der Waals surface area contributed by atoms with Crippen molar-refractivity contribution >= 4 is 10.1 Å². The van der Waals surface area contributed by atoms with Crippen LogP contribution in [0.15, 0.2) is 0 Å².